The van der Waals surface area contributed by atoms with E-state index >= 15 is 0 Å². The lowest BCUT2D eigenvalue weighted by molar-refractivity contribution is -0.136. The summed E-state index contributed by atoms with van der Waals surface area (Å²) in [6.45, 7) is 7.35. The highest BCUT2D eigenvalue weighted by atomic mass is 16.2. The third-order valence-electron chi connectivity index (χ3n) is 3.85. The van der Waals surface area contributed by atoms with Gasteiger partial charge < -0.3 is 10.2 Å². The van der Waals surface area contributed by atoms with Gasteiger partial charge in [-0.2, -0.15) is 0 Å². The van der Waals surface area contributed by atoms with Crippen LogP contribution in [0.25, 0.3) is 0 Å². The Morgan fingerprint density at radius 1 is 1.50 bits per heavy atom. The van der Waals surface area contributed by atoms with Crippen LogP contribution < -0.4 is 5.32 Å². The molecule has 0 bridgehead atoms. The van der Waals surface area contributed by atoms with Gasteiger partial charge in [0.2, 0.25) is 5.91 Å². The largest absolute Gasteiger partial charge is 0.341 e. The average Bonchev–Trinajstić information content (AvgIpc) is 2.98. The summed E-state index contributed by atoms with van der Waals surface area (Å²) in [4.78, 5) is 14.3. The molecule has 1 amide bonds. The first kappa shape index (κ1) is 11.9. The van der Waals surface area contributed by atoms with Crippen molar-refractivity contribution in [2.45, 2.75) is 52.0 Å². The first-order valence-corrected chi connectivity index (χ1v) is 6.67. The Balaban J connectivity index is 1.86. The van der Waals surface area contributed by atoms with Gasteiger partial charge in [-0.3, -0.25) is 4.79 Å². The van der Waals surface area contributed by atoms with Crippen molar-refractivity contribution >= 4 is 5.91 Å². The molecule has 1 heterocycles. The summed E-state index contributed by atoms with van der Waals surface area (Å²) in [5, 5.41) is 3.37. The quantitative estimate of drug-likeness (QED) is 0.772. The Kier molecular flexibility index (Phi) is 3.53. The van der Waals surface area contributed by atoms with E-state index in [1.54, 1.807) is 0 Å². The third-order valence-corrected chi connectivity index (χ3v) is 3.85. The maximum Gasteiger partial charge on any atom is 0.239 e. The zero-order valence-electron chi connectivity index (χ0n) is 10.6. The zero-order chi connectivity index (χ0) is 11.6. The highest BCUT2D eigenvalue weighted by molar-refractivity contribution is 5.82. The molecule has 1 unspecified atom stereocenters. The Hall–Kier alpha value is -0.570. The van der Waals surface area contributed by atoms with E-state index in [1.807, 2.05) is 0 Å². The van der Waals surface area contributed by atoms with Gasteiger partial charge in [0.1, 0.15) is 0 Å². The zero-order valence-corrected chi connectivity index (χ0v) is 10.6. The van der Waals surface area contributed by atoms with Crippen LogP contribution in [0.1, 0.15) is 46.0 Å². The number of carbonyl (C=O) groups excluding carboxylic acids is 1. The second kappa shape index (κ2) is 4.74. The molecule has 1 saturated heterocycles. The Morgan fingerprint density at radius 3 is 2.88 bits per heavy atom. The highest BCUT2D eigenvalue weighted by Crippen LogP contribution is 2.45. The van der Waals surface area contributed by atoms with E-state index in [2.05, 4.69) is 24.1 Å². The van der Waals surface area contributed by atoms with Gasteiger partial charge in [0, 0.05) is 13.1 Å². The van der Waals surface area contributed by atoms with Crippen LogP contribution in [0.2, 0.25) is 0 Å². The Labute approximate surface area is 98.6 Å². The number of likely N-dealkylation sites (tertiary alicyclic amines) is 1. The van der Waals surface area contributed by atoms with Gasteiger partial charge in [-0.1, -0.05) is 13.8 Å². The van der Waals surface area contributed by atoms with E-state index in [-0.39, 0.29) is 6.04 Å². The topological polar surface area (TPSA) is 32.3 Å². The molecule has 0 spiro atoms. The molecule has 2 aliphatic rings. The lowest BCUT2D eigenvalue weighted by atomic mass is 10.0. The van der Waals surface area contributed by atoms with Crippen LogP contribution >= 0.6 is 0 Å². The van der Waals surface area contributed by atoms with E-state index in [1.165, 1.54) is 12.8 Å². The molecule has 2 fully saturated rings. The average molecular weight is 224 g/mol. The van der Waals surface area contributed by atoms with Crippen LogP contribution in [0.15, 0.2) is 0 Å². The van der Waals surface area contributed by atoms with Gasteiger partial charge >= 0.3 is 0 Å². The van der Waals surface area contributed by atoms with Crippen LogP contribution in [0.4, 0.5) is 0 Å². The van der Waals surface area contributed by atoms with Crippen molar-refractivity contribution in [1.82, 2.24) is 10.2 Å². The number of nitrogens with one attached hydrogen (secondary N) is 1. The standard InChI is InChI=1S/C13H24N2O/c1-3-8-14-11-5-4-9-15(12(11)16)10-13(2)6-7-13/h11,14H,3-10H2,1-2H3. The number of hydrogen-bond acceptors (Lipinski definition) is 2. The molecule has 0 aromatic heterocycles. The van der Waals surface area contributed by atoms with Crippen LogP contribution in [0.5, 0.6) is 0 Å². The fourth-order valence-corrected chi connectivity index (χ4v) is 2.44. The van der Waals surface area contributed by atoms with Gasteiger partial charge in [0.25, 0.3) is 0 Å². The van der Waals surface area contributed by atoms with E-state index < -0.39 is 0 Å². The maximum absolute atomic E-state index is 12.2. The van der Waals surface area contributed by atoms with Crippen LogP contribution in [0, 0.1) is 5.41 Å². The van der Waals surface area contributed by atoms with Crippen molar-refractivity contribution in [2.75, 3.05) is 19.6 Å². The van der Waals surface area contributed by atoms with Crippen molar-refractivity contribution in [1.29, 1.82) is 0 Å². The SMILES string of the molecule is CCCNC1CCCN(CC2(C)CC2)C1=O. The van der Waals surface area contributed by atoms with E-state index in [9.17, 15) is 4.79 Å². The molecule has 3 nitrogen and oxygen atoms in total. The molecule has 2 rings (SSSR count). The number of rotatable bonds is 5. The monoisotopic (exact) mass is 224 g/mol. The molecule has 1 aliphatic carbocycles. The molecular weight excluding hydrogens is 200 g/mol. The van der Waals surface area contributed by atoms with Crippen molar-refractivity contribution in [2.24, 2.45) is 5.41 Å². The number of amides is 1. The van der Waals surface area contributed by atoms with Crippen molar-refractivity contribution in [3.05, 3.63) is 0 Å². The fraction of sp³-hybridized carbons (Fsp3) is 0.923. The fourth-order valence-electron chi connectivity index (χ4n) is 2.44. The minimum Gasteiger partial charge on any atom is -0.341 e. The molecule has 0 aromatic rings. The summed E-state index contributed by atoms with van der Waals surface area (Å²) in [6, 6.07) is 0.0936. The molecule has 1 atom stereocenters. The Bertz CT molecular complexity index is 261. The van der Waals surface area contributed by atoms with Gasteiger partial charge in [-0.05, 0) is 44.1 Å². The smallest absolute Gasteiger partial charge is 0.239 e. The minimum absolute atomic E-state index is 0.0936. The second-order valence-electron chi connectivity index (χ2n) is 5.72. The van der Waals surface area contributed by atoms with E-state index in [0.29, 0.717) is 11.3 Å². The molecular formula is C13H24N2O. The molecule has 1 saturated carbocycles. The number of piperidine rings is 1. The number of hydrogen-bond donors (Lipinski definition) is 1. The highest BCUT2D eigenvalue weighted by Gasteiger charge is 2.41. The van der Waals surface area contributed by atoms with Gasteiger partial charge in [-0.15, -0.1) is 0 Å². The maximum atomic E-state index is 12.2. The first-order chi connectivity index (χ1) is 7.64. The van der Waals surface area contributed by atoms with E-state index in [4.69, 9.17) is 0 Å². The molecule has 3 heteroatoms. The second-order valence-corrected chi connectivity index (χ2v) is 5.72. The van der Waals surface area contributed by atoms with E-state index in [0.717, 1.165) is 38.9 Å². The molecule has 1 aliphatic heterocycles. The summed E-state index contributed by atoms with van der Waals surface area (Å²) in [5.41, 5.74) is 0.447. The predicted octanol–water partition coefficient (Wildman–Crippen LogP) is 1.78. The predicted molar refractivity (Wildman–Crippen MR) is 65.2 cm³/mol. The van der Waals surface area contributed by atoms with Gasteiger partial charge in [-0.25, -0.2) is 0 Å². The molecule has 92 valence electrons. The lowest BCUT2D eigenvalue weighted by Gasteiger charge is -2.34. The molecule has 16 heavy (non-hydrogen) atoms. The van der Waals surface area contributed by atoms with Gasteiger partial charge in [0.15, 0.2) is 0 Å². The number of nitrogens with zero attached hydrogens (tertiary/aromatic N) is 1. The summed E-state index contributed by atoms with van der Waals surface area (Å²) in [7, 11) is 0. The third kappa shape index (κ3) is 2.76. The van der Waals surface area contributed by atoms with Crippen LogP contribution in [-0.4, -0.2) is 36.5 Å². The lowest BCUT2D eigenvalue weighted by Crippen LogP contribution is -2.52. The van der Waals surface area contributed by atoms with Gasteiger partial charge in [0.05, 0.1) is 6.04 Å². The summed E-state index contributed by atoms with van der Waals surface area (Å²) in [6.07, 6.45) is 5.87. The van der Waals surface area contributed by atoms with Crippen molar-refractivity contribution in [3.63, 3.8) is 0 Å². The summed E-state index contributed by atoms with van der Waals surface area (Å²) >= 11 is 0. The number of carbonyl (C=O) groups is 1. The summed E-state index contributed by atoms with van der Waals surface area (Å²) in [5.74, 6) is 0.341. The van der Waals surface area contributed by atoms with Crippen molar-refractivity contribution < 1.29 is 4.79 Å². The summed E-state index contributed by atoms with van der Waals surface area (Å²) < 4.78 is 0. The first-order valence-electron chi connectivity index (χ1n) is 6.67. The minimum atomic E-state index is 0.0936. The molecule has 0 radical (unpaired) electrons. The van der Waals surface area contributed by atoms with Crippen LogP contribution in [0.3, 0.4) is 0 Å². The normalized spacial score (nSPS) is 28.2. The molecule has 0 aromatic carbocycles. The molecule has 1 N–H and O–H groups in total. The van der Waals surface area contributed by atoms with Crippen LogP contribution in [-0.2, 0) is 4.79 Å². The van der Waals surface area contributed by atoms with Crippen molar-refractivity contribution in [3.8, 4) is 0 Å². The Morgan fingerprint density at radius 2 is 2.25 bits per heavy atom.